The SMILES string of the molecule is Cc1cccc(NS(=O)(=O)c2cc(NC(=O)C3(C#N)CCCCC3)ccc2C)c1. The number of anilines is 2. The molecule has 6 nitrogen and oxygen atoms in total. The van der Waals surface area contributed by atoms with Gasteiger partial charge in [-0.25, -0.2) is 8.42 Å². The molecule has 0 saturated heterocycles. The Balaban J connectivity index is 1.86. The largest absolute Gasteiger partial charge is 0.325 e. The van der Waals surface area contributed by atoms with Gasteiger partial charge in [0.1, 0.15) is 5.41 Å². The van der Waals surface area contributed by atoms with Gasteiger partial charge in [-0.15, -0.1) is 0 Å². The van der Waals surface area contributed by atoms with Crippen LogP contribution in [0.1, 0.15) is 43.2 Å². The van der Waals surface area contributed by atoms with Crippen molar-refractivity contribution in [3.63, 3.8) is 0 Å². The van der Waals surface area contributed by atoms with E-state index in [2.05, 4.69) is 16.1 Å². The molecule has 0 spiro atoms. The van der Waals surface area contributed by atoms with Crippen LogP contribution in [0.2, 0.25) is 0 Å². The van der Waals surface area contributed by atoms with Crippen LogP contribution in [-0.4, -0.2) is 14.3 Å². The summed E-state index contributed by atoms with van der Waals surface area (Å²) in [6.45, 7) is 3.59. The van der Waals surface area contributed by atoms with Crippen LogP contribution in [-0.2, 0) is 14.8 Å². The lowest BCUT2D eigenvalue weighted by atomic mass is 9.74. The molecular weight excluding hydrogens is 386 g/mol. The van der Waals surface area contributed by atoms with Gasteiger partial charge in [-0.05, 0) is 62.1 Å². The normalized spacial score (nSPS) is 15.9. The lowest BCUT2D eigenvalue weighted by Crippen LogP contribution is -2.36. The summed E-state index contributed by atoms with van der Waals surface area (Å²) in [7, 11) is -3.83. The van der Waals surface area contributed by atoms with Crippen LogP contribution < -0.4 is 10.0 Å². The molecule has 152 valence electrons. The molecule has 0 aromatic heterocycles. The van der Waals surface area contributed by atoms with Gasteiger partial charge >= 0.3 is 0 Å². The van der Waals surface area contributed by atoms with Crippen LogP contribution in [0, 0.1) is 30.6 Å². The zero-order chi connectivity index (χ0) is 21.1. The average molecular weight is 412 g/mol. The highest BCUT2D eigenvalue weighted by molar-refractivity contribution is 7.92. The molecule has 29 heavy (non-hydrogen) atoms. The van der Waals surface area contributed by atoms with E-state index in [0.717, 1.165) is 24.8 Å². The summed E-state index contributed by atoms with van der Waals surface area (Å²) in [6, 6.07) is 14.0. The fourth-order valence-corrected chi connectivity index (χ4v) is 5.00. The Morgan fingerprint density at radius 1 is 1.03 bits per heavy atom. The van der Waals surface area contributed by atoms with Gasteiger partial charge < -0.3 is 5.32 Å². The van der Waals surface area contributed by atoms with Crippen LogP contribution >= 0.6 is 0 Å². The number of carbonyl (C=O) groups is 1. The summed E-state index contributed by atoms with van der Waals surface area (Å²) in [5.41, 5.74) is 1.31. The highest BCUT2D eigenvalue weighted by Crippen LogP contribution is 2.37. The molecule has 3 rings (SSSR count). The van der Waals surface area contributed by atoms with Gasteiger partial charge in [0.2, 0.25) is 5.91 Å². The van der Waals surface area contributed by atoms with Crippen LogP contribution in [0.3, 0.4) is 0 Å². The molecule has 1 saturated carbocycles. The maximum absolute atomic E-state index is 12.9. The highest BCUT2D eigenvalue weighted by atomic mass is 32.2. The second kappa shape index (κ2) is 8.26. The smallest absolute Gasteiger partial charge is 0.262 e. The molecule has 2 aromatic rings. The van der Waals surface area contributed by atoms with Crippen molar-refractivity contribution in [2.24, 2.45) is 5.41 Å². The Labute approximate surface area is 172 Å². The Hall–Kier alpha value is -2.85. The lowest BCUT2D eigenvalue weighted by Gasteiger charge is -2.29. The molecular formula is C22H25N3O3S. The van der Waals surface area contributed by atoms with E-state index in [1.54, 1.807) is 37.3 Å². The summed E-state index contributed by atoms with van der Waals surface area (Å²) in [4.78, 5) is 12.9. The molecule has 7 heteroatoms. The monoisotopic (exact) mass is 411 g/mol. The van der Waals surface area contributed by atoms with Gasteiger partial charge in [-0.3, -0.25) is 9.52 Å². The van der Waals surface area contributed by atoms with Crippen molar-refractivity contribution < 1.29 is 13.2 Å². The number of hydrogen-bond donors (Lipinski definition) is 2. The molecule has 1 aliphatic carbocycles. The van der Waals surface area contributed by atoms with Gasteiger partial charge in [-0.2, -0.15) is 5.26 Å². The van der Waals surface area contributed by atoms with Gasteiger partial charge in [0.25, 0.3) is 10.0 Å². The molecule has 0 unspecified atom stereocenters. The highest BCUT2D eigenvalue weighted by Gasteiger charge is 2.39. The van der Waals surface area contributed by atoms with E-state index < -0.39 is 15.4 Å². The fourth-order valence-electron chi connectivity index (χ4n) is 3.68. The number of benzene rings is 2. The number of nitrogens with zero attached hydrogens (tertiary/aromatic N) is 1. The maximum atomic E-state index is 12.9. The number of nitriles is 1. The Morgan fingerprint density at radius 3 is 2.41 bits per heavy atom. The molecule has 0 aliphatic heterocycles. The van der Waals surface area contributed by atoms with E-state index in [1.165, 1.54) is 6.07 Å². The van der Waals surface area contributed by atoms with E-state index in [9.17, 15) is 18.5 Å². The van der Waals surface area contributed by atoms with Crippen LogP contribution in [0.25, 0.3) is 0 Å². The molecule has 0 radical (unpaired) electrons. The number of aryl methyl sites for hydroxylation is 2. The molecule has 2 N–H and O–H groups in total. The number of amides is 1. The Kier molecular flexibility index (Phi) is 5.94. The van der Waals surface area contributed by atoms with Gasteiger partial charge in [0.05, 0.1) is 11.0 Å². The van der Waals surface area contributed by atoms with Crippen LogP contribution in [0.15, 0.2) is 47.4 Å². The quantitative estimate of drug-likeness (QED) is 0.756. The van der Waals surface area contributed by atoms with Crippen molar-refractivity contribution in [2.45, 2.75) is 50.8 Å². The second-order valence-electron chi connectivity index (χ2n) is 7.66. The third-order valence-electron chi connectivity index (χ3n) is 5.36. The van der Waals surface area contributed by atoms with E-state index >= 15 is 0 Å². The number of rotatable bonds is 5. The van der Waals surface area contributed by atoms with E-state index in [1.807, 2.05) is 13.0 Å². The molecule has 1 aliphatic rings. The predicted octanol–water partition coefficient (Wildman–Crippen LogP) is 4.52. The summed E-state index contributed by atoms with van der Waals surface area (Å²) in [5, 5.41) is 12.4. The van der Waals surface area contributed by atoms with E-state index in [0.29, 0.717) is 29.8 Å². The minimum absolute atomic E-state index is 0.0893. The first-order chi connectivity index (χ1) is 13.8. The van der Waals surface area contributed by atoms with Gasteiger partial charge in [0, 0.05) is 11.4 Å². The maximum Gasteiger partial charge on any atom is 0.262 e. The Bertz CT molecular complexity index is 1060. The van der Waals surface area contributed by atoms with Crippen molar-refractivity contribution in [3.8, 4) is 6.07 Å². The standard InChI is InChI=1S/C22H25N3O3S/c1-16-7-6-8-19(13-16)25-29(27,28)20-14-18(10-9-17(20)2)24-21(26)22(15-23)11-4-3-5-12-22/h6-10,13-14,25H,3-5,11-12H2,1-2H3,(H,24,26). The summed E-state index contributed by atoms with van der Waals surface area (Å²) < 4.78 is 28.4. The number of nitrogens with one attached hydrogen (secondary N) is 2. The predicted molar refractivity (Wildman–Crippen MR) is 113 cm³/mol. The molecule has 0 atom stereocenters. The van der Waals surface area contributed by atoms with Crippen LogP contribution in [0.4, 0.5) is 11.4 Å². The third-order valence-corrected chi connectivity index (χ3v) is 6.88. The topological polar surface area (TPSA) is 99.1 Å². The molecule has 1 amide bonds. The second-order valence-corrected chi connectivity index (χ2v) is 9.31. The van der Waals surface area contributed by atoms with Crippen molar-refractivity contribution in [1.29, 1.82) is 5.26 Å². The number of carbonyl (C=O) groups excluding carboxylic acids is 1. The van der Waals surface area contributed by atoms with E-state index in [-0.39, 0.29) is 10.8 Å². The summed E-state index contributed by atoms with van der Waals surface area (Å²) >= 11 is 0. The minimum atomic E-state index is -3.83. The lowest BCUT2D eigenvalue weighted by molar-refractivity contribution is -0.124. The first-order valence-corrected chi connectivity index (χ1v) is 11.2. The van der Waals surface area contributed by atoms with E-state index in [4.69, 9.17) is 0 Å². The van der Waals surface area contributed by atoms with Crippen molar-refractivity contribution in [3.05, 3.63) is 53.6 Å². The van der Waals surface area contributed by atoms with Crippen LogP contribution in [0.5, 0.6) is 0 Å². The average Bonchev–Trinajstić information content (AvgIpc) is 2.69. The zero-order valence-electron chi connectivity index (χ0n) is 16.7. The summed E-state index contributed by atoms with van der Waals surface area (Å²) in [5.74, 6) is -0.362. The molecule has 0 heterocycles. The molecule has 2 aromatic carbocycles. The van der Waals surface area contributed by atoms with Gasteiger partial charge in [0.15, 0.2) is 0 Å². The van der Waals surface area contributed by atoms with Crippen molar-refractivity contribution >= 4 is 27.3 Å². The first kappa shape index (κ1) is 20.9. The van der Waals surface area contributed by atoms with Gasteiger partial charge in [-0.1, -0.05) is 37.5 Å². The first-order valence-electron chi connectivity index (χ1n) is 9.69. The summed E-state index contributed by atoms with van der Waals surface area (Å²) in [6.07, 6.45) is 3.76. The number of hydrogen-bond acceptors (Lipinski definition) is 4. The zero-order valence-corrected chi connectivity index (χ0v) is 17.5. The Morgan fingerprint density at radius 2 is 1.76 bits per heavy atom. The third kappa shape index (κ3) is 4.60. The fraction of sp³-hybridized carbons (Fsp3) is 0.364. The number of sulfonamides is 1. The molecule has 0 bridgehead atoms. The minimum Gasteiger partial charge on any atom is -0.325 e. The van der Waals surface area contributed by atoms with Crippen molar-refractivity contribution in [1.82, 2.24) is 0 Å². The van der Waals surface area contributed by atoms with Crippen molar-refractivity contribution in [2.75, 3.05) is 10.0 Å². The molecule has 1 fully saturated rings.